The normalized spacial score (nSPS) is 11.6. The zero-order valence-corrected chi connectivity index (χ0v) is 13.9. The molecule has 3 N–H and O–H groups in total. The topological polar surface area (TPSA) is 112 Å². The maximum absolute atomic E-state index is 11.8. The molecule has 0 aliphatic heterocycles. The maximum Gasteiger partial charge on any atom is 0.226 e. The molecule has 9 heteroatoms. The second kappa shape index (κ2) is 6.39. The van der Waals surface area contributed by atoms with Crippen LogP contribution in [-0.2, 0) is 10.2 Å². The third kappa shape index (κ3) is 4.00. The van der Waals surface area contributed by atoms with E-state index in [9.17, 15) is 4.79 Å². The van der Waals surface area contributed by atoms with Crippen LogP contribution >= 0.6 is 11.8 Å². The summed E-state index contributed by atoms with van der Waals surface area (Å²) < 4.78 is 6.36. The van der Waals surface area contributed by atoms with Crippen LogP contribution < -0.4 is 11.2 Å². The lowest BCUT2D eigenvalue weighted by Crippen LogP contribution is -2.24. The Morgan fingerprint density at radius 2 is 2.18 bits per heavy atom. The molecule has 22 heavy (non-hydrogen) atoms. The van der Waals surface area contributed by atoms with Crippen molar-refractivity contribution >= 4 is 23.5 Å². The highest BCUT2D eigenvalue weighted by Gasteiger charge is 2.23. The molecule has 120 valence electrons. The van der Waals surface area contributed by atoms with E-state index >= 15 is 0 Å². The van der Waals surface area contributed by atoms with Gasteiger partial charge in [0.25, 0.3) is 0 Å². The van der Waals surface area contributed by atoms with Gasteiger partial charge in [-0.2, -0.15) is 0 Å². The maximum atomic E-state index is 11.8. The number of carbonyl (C=O) groups excluding carboxylic acids is 1. The summed E-state index contributed by atoms with van der Waals surface area (Å²) in [5, 5.41) is 15.1. The molecule has 0 fully saturated rings. The zero-order chi connectivity index (χ0) is 16.3. The van der Waals surface area contributed by atoms with Gasteiger partial charge >= 0.3 is 0 Å². The van der Waals surface area contributed by atoms with Crippen LogP contribution in [-0.4, -0.2) is 31.7 Å². The van der Waals surface area contributed by atoms with Crippen molar-refractivity contribution in [3.05, 3.63) is 17.7 Å². The van der Waals surface area contributed by atoms with Crippen LogP contribution in [0.4, 0.5) is 5.82 Å². The van der Waals surface area contributed by atoms with E-state index in [0.717, 1.165) is 0 Å². The van der Waals surface area contributed by atoms with E-state index in [1.54, 1.807) is 13.0 Å². The van der Waals surface area contributed by atoms with E-state index in [2.05, 4.69) is 20.7 Å². The minimum atomic E-state index is -0.178. The van der Waals surface area contributed by atoms with Crippen LogP contribution in [0.5, 0.6) is 0 Å². The molecule has 0 saturated heterocycles. The Morgan fingerprint density at radius 3 is 2.73 bits per heavy atom. The van der Waals surface area contributed by atoms with Gasteiger partial charge in [0.05, 0.1) is 0 Å². The zero-order valence-electron chi connectivity index (χ0n) is 13.1. The molecule has 8 nitrogen and oxygen atoms in total. The van der Waals surface area contributed by atoms with Crippen LogP contribution in [0.25, 0.3) is 0 Å². The van der Waals surface area contributed by atoms with Gasteiger partial charge in [-0.25, -0.2) is 4.68 Å². The van der Waals surface area contributed by atoms with E-state index in [0.29, 0.717) is 34.7 Å². The summed E-state index contributed by atoms with van der Waals surface area (Å²) >= 11 is 1.39. The van der Waals surface area contributed by atoms with Crippen molar-refractivity contribution < 1.29 is 9.32 Å². The first-order valence-electron chi connectivity index (χ1n) is 6.84. The van der Waals surface area contributed by atoms with Crippen LogP contribution in [0, 0.1) is 6.92 Å². The fourth-order valence-electron chi connectivity index (χ4n) is 1.75. The summed E-state index contributed by atoms with van der Waals surface area (Å²) in [6.45, 7) is 7.81. The summed E-state index contributed by atoms with van der Waals surface area (Å²) in [6.07, 6.45) is 0.314. The van der Waals surface area contributed by atoms with Gasteiger partial charge in [-0.15, -0.1) is 10.2 Å². The van der Waals surface area contributed by atoms with Gasteiger partial charge in [-0.1, -0.05) is 37.7 Å². The molecule has 0 aromatic carbocycles. The molecule has 0 unspecified atom stereocenters. The Labute approximate surface area is 132 Å². The SMILES string of the molecule is Cc1cc(NC(=O)CCSc2nnc(C(C)(C)C)n2N)no1. The van der Waals surface area contributed by atoms with E-state index < -0.39 is 0 Å². The molecular weight excluding hydrogens is 304 g/mol. The predicted octanol–water partition coefficient (Wildman–Crippen LogP) is 1.71. The number of aromatic nitrogens is 4. The molecule has 2 rings (SSSR count). The van der Waals surface area contributed by atoms with Crippen molar-refractivity contribution in [1.29, 1.82) is 0 Å². The van der Waals surface area contributed by atoms with Crippen LogP contribution in [0.1, 0.15) is 38.8 Å². The van der Waals surface area contributed by atoms with E-state index in [1.165, 1.54) is 16.4 Å². The van der Waals surface area contributed by atoms with Crippen molar-refractivity contribution in [1.82, 2.24) is 20.0 Å². The number of amides is 1. The number of carbonyl (C=O) groups is 1. The van der Waals surface area contributed by atoms with Crippen LogP contribution in [0.3, 0.4) is 0 Å². The standard InChI is InChI=1S/C13H20N6O2S/c1-8-7-9(18-21-8)15-10(20)5-6-22-12-17-16-11(19(12)14)13(2,3)4/h7H,5-6,14H2,1-4H3,(H,15,18,20). The van der Waals surface area contributed by atoms with Crippen molar-refractivity contribution in [3.63, 3.8) is 0 Å². The Bertz CT molecular complexity index is 658. The first kappa shape index (κ1) is 16.3. The average molecular weight is 324 g/mol. The molecule has 2 aromatic heterocycles. The number of hydrogen-bond donors (Lipinski definition) is 2. The second-order valence-corrected chi connectivity index (χ2v) is 6.96. The van der Waals surface area contributed by atoms with E-state index in [4.69, 9.17) is 10.4 Å². The Balaban J connectivity index is 1.84. The number of nitrogens with zero attached hydrogens (tertiary/aromatic N) is 4. The van der Waals surface area contributed by atoms with Crippen LogP contribution in [0.2, 0.25) is 0 Å². The highest BCUT2D eigenvalue weighted by atomic mass is 32.2. The van der Waals surface area contributed by atoms with Crippen molar-refractivity contribution in [3.8, 4) is 0 Å². The lowest BCUT2D eigenvalue weighted by Gasteiger charge is -2.16. The van der Waals surface area contributed by atoms with Gasteiger partial charge in [0.15, 0.2) is 11.6 Å². The van der Waals surface area contributed by atoms with Gasteiger partial charge < -0.3 is 15.7 Å². The summed E-state index contributed by atoms with van der Waals surface area (Å²) in [5.41, 5.74) is -0.178. The first-order chi connectivity index (χ1) is 10.3. The molecule has 0 atom stereocenters. The lowest BCUT2D eigenvalue weighted by molar-refractivity contribution is -0.115. The second-order valence-electron chi connectivity index (χ2n) is 5.90. The first-order valence-corrected chi connectivity index (χ1v) is 7.83. The number of rotatable bonds is 5. The van der Waals surface area contributed by atoms with Crippen LogP contribution in [0.15, 0.2) is 15.7 Å². The number of hydrogen-bond acceptors (Lipinski definition) is 7. The number of anilines is 1. The van der Waals surface area contributed by atoms with Crippen molar-refractivity contribution in [2.45, 2.75) is 44.7 Å². The molecule has 1 amide bonds. The van der Waals surface area contributed by atoms with Gasteiger partial charge in [-0.05, 0) is 6.92 Å². The molecule has 2 heterocycles. The van der Waals surface area contributed by atoms with Gasteiger partial charge in [0.1, 0.15) is 5.76 Å². The molecule has 2 aromatic rings. The number of aryl methyl sites for hydroxylation is 1. The van der Waals surface area contributed by atoms with Gasteiger partial charge in [0, 0.05) is 23.7 Å². The summed E-state index contributed by atoms with van der Waals surface area (Å²) in [7, 11) is 0. The largest absolute Gasteiger partial charge is 0.360 e. The molecular formula is C13H20N6O2S. The lowest BCUT2D eigenvalue weighted by atomic mass is 9.96. The number of thioether (sulfide) groups is 1. The monoisotopic (exact) mass is 324 g/mol. The molecule has 0 spiro atoms. The van der Waals surface area contributed by atoms with E-state index in [1.807, 2.05) is 20.8 Å². The van der Waals surface area contributed by atoms with Crippen molar-refractivity contribution in [2.24, 2.45) is 0 Å². The molecule has 0 aliphatic carbocycles. The number of nitrogens with one attached hydrogen (secondary N) is 1. The molecule has 0 bridgehead atoms. The quantitative estimate of drug-likeness (QED) is 0.636. The van der Waals surface area contributed by atoms with Crippen molar-refractivity contribution in [2.75, 3.05) is 16.9 Å². The molecule has 0 aliphatic rings. The predicted molar refractivity (Wildman–Crippen MR) is 84.1 cm³/mol. The Morgan fingerprint density at radius 1 is 1.45 bits per heavy atom. The van der Waals surface area contributed by atoms with Gasteiger partial charge in [-0.3, -0.25) is 4.79 Å². The summed E-state index contributed by atoms with van der Waals surface area (Å²) in [5.74, 6) is 8.16. The minimum absolute atomic E-state index is 0.139. The molecule has 0 radical (unpaired) electrons. The average Bonchev–Trinajstić information content (AvgIpc) is 2.96. The highest BCUT2D eigenvalue weighted by molar-refractivity contribution is 7.99. The Kier molecular flexibility index (Phi) is 4.74. The number of nitrogens with two attached hydrogens (primary N) is 1. The fraction of sp³-hybridized carbons (Fsp3) is 0.538. The third-order valence-electron chi connectivity index (χ3n) is 2.79. The third-order valence-corrected chi connectivity index (χ3v) is 3.74. The van der Waals surface area contributed by atoms with Gasteiger partial charge in [0.2, 0.25) is 11.1 Å². The highest BCUT2D eigenvalue weighted by Crippen LogP contribution is 2.23. The molecule has 0 saturated carbocycles. The number of nitrogen functional groups attached to an aromatic ring is 1. The smallest absolute Gasteiger partial charge is 0.226 e. The summed E-state index contributed by atoms with van der Waals surface area (Å²) in [6, 6.07) is 1.66. The minimum Gasteiger partial charge on any atom is -0.360 e. The van der Waals surface area contributed by atoms with E-state index in [-0.39, 0.29) is 11.3 Å². The Hall–Kier alpha value is -2.03. The summed E-state index contributed by atoms with van der Waals surface area (Å²) in [4.78, 5) is 11.8. The fourth-order valence-corrected chi connectivity index (χ4v) is 2.55.